The van der Waals surface area contributed by atoms with Gasteiger partial charge < -0.3 is 9.90 Å². The molecule has 0 saturated heterocycles. The molecular formula is C28H57BiO2. The molecule has 0 aromatic carbocycles. The SMILES string of the molecule is CCCCCCCCCCCC(=O)[O-].CCCCCCC[CH2][Bi+][CH2]CCCCCCC. The third kappa shape index (κ3) is 38.0. The van der Waals surface area contributed by atoms with Crippen LogP contribution in [-0.4, -0.2) is 29.2 Å². The van der Waals surface area contributed by atoms with E-state index < -0.39 is 5.97 Å². The van der Waals surface area contributed by atoms with Crippen molar-refractivity contribution in [2.45, 2.75) is 170 Å². The molecule has 0 aliphatic rings. The summed E-state index contributed by atoms with van der Waals surface area (Å²) in [5.74, 6) is -0.909. The van der Waals surface area contributed by atoms with E-state index in [-0.39, 0.29) is 29.7 Å². The van der Waals surface area contributed by atoms with E-state index in [0.717, 1.165) is 12.8 Å². The van der Waals surface area contributed by atoms with E-state index >= 15 is 0 Å². The van der Waals surface area contributed by atoms with E-state index in [1.807, 2.05) is 0 Å². The maximum atomic E-state index is 10.1. The molecule has 0 aliphatic heterocycles. The Hall–Kier alpha value is 0.353. The van der Waals surface area contributed by atoms with Gasteiger partial charge in [-0.2, -0.15) is 0 Å². The van der Waals surface area contributed by atoms with Crippen molar-refractivity contribution in [1.29, 1.82) is 0 Å². The molecule has 0 heterocycles. The molecule has 31 heavy (non-hydrogen) atoms. The van der Waals surface area contributed by atoms with Gasteiger partial charge in [-0.05, 0) is 12.8 Å². The molecule has 0 N–H and O–H groups in total. The minimum atomic E-state index is -0.909. The summed E-state index contributed by atoms with van der Waals surface area (Å²) in [7, 11) is 0. The molecule has 186 valence electrons. The molecule has 0 fully saturated rings. The molecule has 0 bridgehead atoms. The van der Waals surface area contributed by atoms with E-state index in [2.05, 4.69) is 20.8 Å². The van der Waals surface area contributed by atoms with Gasteiger partial charge in [0.05, 0.1) is 0 Å². The van der Waals surface area contributed by atoms with Gasteiger partial charge >= 0.3 is 122 Å². The molecule has 2 nitrogen and oxygen atoms in total. The van der Waals surface area contributed by atoms with Crippen LogP contribution < -0.4 is 5.11 Å². The zero-order chi connectivity index (χ0) is 23.3. The summed E-state index contributed by atoms with van der Waals surface area (Å²) >= 11 is -0.0142. The fraction of sp³-hybridized carbons (Fsp3) is 0.964. The van der Waals surface area contributed by atoms with Crippen molar-refractivity contribution >= 4 is 29.2 Å². The van der Waals surface area contributed by atoms with Gasteiger partial charge in [-0.3, -0.25) is 0 Å². The van der Waals surface area contributed by atoms with Crippen molar-refractivity contribution in [3.63, 3.8) is 0 Å². The molecule has 0 aromatic rings. The first kappa shape index (κ1) is 33.5. The average molecular weight is 635 g/mol. The molecule has 2 radical (unpaired) electrons. The van der Waals surface area contributed by atoms with Crippen LogP contribution in [0.25, 0.3) is 0 Å². The van der Waals surface area contributed by atoms with Crippen molar-refractivity contribution in [3.8, 4) is 0 Å². The molecule has 0 unspecified atom stereocenters. The summed E-state index contributed by atoms with van der Waals surface area (Å²) in [5, 5.41) is 10.1. The van der Waals surface area contributed by atoms with Crippen LogP contribution in [0.5, 0.6) is 0 Å². The van der Waals surface area contributed by atoms with Crippen molar-refractivity contribution in [3.05, 3.63) is 0 Å². The van der Waals surface area contributed by atoms with Crippen LogP contribution in [0.4, 0.5) is 0 Å². The zero-order valence-corrected chi connectivity index (χ0v) is 25.2. The second kappa shape index (κ2) is 32.5. The molecule has 0 amide bonds. The number of hydrogen-bond acceptors (Lipinski definition) is 2. The monoisotopic (exact) mass is 634 g/mol. The third-order valence-corrected chi connectivity index (χ3v) is 10.7. The van der Waals surface area contributed by atoms with Crippen molar-refractivity contribution in [2.75, 3.05) is 0 Å². The standard InChI is InChI=1S/C12H24O2.2C8H17.Bi/c1-2-3-4-5-6-7-8-9-10-11-12(13)14;2*1-3-5-7-8-6-4-2;/h2-11H2,1H3,(H,13,14);2*1,3-8H2,2H3;/q;;;+1/p-1. The first-order valence-corrected chi connectivity index (χ1v) is 18.9. The van der Waals surface area contributed by atoms with Gasteiger partial charge in [0.25, 0.3) is 0 Å². The normalized spacial score (nSPS) is 10.7. The van der Waals surface area contributed by atoms with E-state index in [1.54, 1.807) is 21.1 Å². The summed E-state index contributed by atoms with van der Waals surface area (Å²) in [6.45, 7) is 6.82. The number of carboxylic acid groups (broad SMARTS) is 1. The van der Waals surface area contributed by atoms with Gasteiger partial charge in [0.2, 0.25) is 0 Å². The van der Waals surface area contributed by atoms with Crippen LogP contribution in [0.1, 0.15) is 162 Å². The number of unbranched alkanes of at least 4 members (excludes halogenated alkanes) is 18. The Morgan fingerprint density at radius 2 is 0.774 bits per heavy atom. The van der Waals surface area contributed by atoms with Gasteiger partial charge in [0.15, 0.2) is 0 Å². The number of carboxylic acids is 1. The Bertz CT molecular complexity index is 306. The summed E-state index contributed by atoms with van der Waals surface area (Å²) in [5.41, 5.74) is 0. The predicted molar refractivity (Wildman–Crippen MR) is 139 cm³/mol. The van der Waals surface area contributed by atoms with Gasteiger partial charge in [-0.25, -0.2) is 0 Å². The molecular weight excluding hydrogens is 577 g/mol. The van der Waals surface area contributed by atoms with E-state index in [0.29, 0.717) is 0 Å². The van der Waals surface area contributed by atoms with Gasteiger partial charge in [0, 0.05) is 5.97 Å². The number of aliphatic carboxylic acids is 1. The molecule has 0 atom stereocenters. The van der Waals surface area contributed by atoms with Crippen molar-refractivity contribution in [2.24, 2.45) is 0 Å². The second-order valence-electron chi connectivity index (χ2n) is 9.16. The summed E-state index contributed by atoms with van der Waals surface area (Å²) in [6.07, 6.45) is 29.0. The third-order valence-electron chi connectivity index (χ3n) is 5.82. The van der Waals surface area contributed by atoms with Crippen LogP contribution >= 0.6 is 0 Å². The van der Waals surface area contributed by atoms with Gasteiger partial charge in [0.1, 0.15) is 0 Å². The topological polar surface area (TPSA) is 40.1 Å². The van der Waals surface area contributed by atoms with Gasteiger partial charge in [-0.15, -0.1) is 0 Å². The first-order chi connectivity index (χ1) is 15.2. The zero-order valence-electron chi connectivity index (χ0n) is 21.7. The van der Waals surface area contributed by atoms with E-state index in [4.69, 9.17) is 0 Å². The van der Waals surface area contributed by atoms with Crippen molar-refractivity contribution < 1.29 is 9.90 Å². The Labute approximate surface area is 208 Å². The molecule has 0 spiro atoms. The minimum absolute atomic E-state index is 0.0142. The van der Waals surface area contributed by atoms with Crippen LogP contribution in [0, 0.1) is 0 Å². The van der Waals surface area contributed by atoms with Crippen LogP contribution in [0.15, 0.2) is 0 Å². The fourth-order valence-corrected chi connectivity index (χ4v) is 8.05. The Kier molecular flexibility index (Phi) is 35.2. The van der Waals surface area contributed by atoms with Crippen LogP contribution in [0.2, 0.25) is 8.26 Å². The number of carbonyl (C=O) groups is 1. The summed E-state index contributed by atoms with van der Waals surface area (Å²) < 4.78 is 3.34. The quantitative estimate of drug-likeness (QED) is 0.0786. The second-order valence-corrected chi connectivity index (χ2v) is 14.4. The van der Waals surface area contributed by atoms with E-state index in [9.17, 15) is 9.90 Å². The molecule has 0 aliphatic carbocycles. The Morgan fingerprint density at radius 3 is 1.10 bits per heavy atom. The molecule has 3 heteroatoms. The number of carbonyl (C=O) groups excluding carboxylic acids is 1. The average Bonchev–Trinajstić information content (AvgIpc) is 2.76. The molecule has 0 rings (SSSR count). The number of hydrogen-bond donors (Lipinski definition) is 0. The van der Waals surface area contributed by atoms with Crippen LogP contribution in [-0.2, 0) is 4.79 Å². The summed E-state index contributed by atoms with van der Waals surface area (Å²) in [6, 6.07) is 0. The maximum absolute atomic E-state index is 10.1. The fourth-order valence-electron chi connectivity index (χ4n) is 3.70. The Balaban J connectivity index is 0. The molecule has 0 aromatic heterocycles. The Morgan fingerprint density at radius 1 is 0.484 bits per heavy atom. The summed E-state index contributed by atoms with van der Waals surface area (Å²) in [4.78, 5) is 10.1. The molecule has 0 saturated carbocycles. The van der Waals surface area contributed by atoms with Gasteiger partial charge in [-0.1, -0.05) is 58.3 Å². The van der Waals surface area contributed by atoms with Crippen LogP contribution in [0.3, 0.4) is 0 Å². The number of rotatable bonds is 24. The first-order valence-electron chi connectivity index (χ1n) is 14.0. The predicted octanol–water partition coefficient (Wildman–Crippen LogP) is 8.91. The van der Waals surface area contributed by atoms with Crippen molar-refractivity contribution in [1.82, 2.24) is 0 Å². The van der Waals surface area contributed by atoms with E-state index in [1.165, 1.54) is 109 Å².